The van der Waals surface area contributed by atoms with Gasteiger partial charge in [0, 0.05) is 5.69 Å². The molecule has 0 unspecified atom stereocenters. The van der Waals surface area contributed by atoms with Crippen molar-refractivity contribution in [2.75, 3.05) is 11.8 Å². The van der Waals surface area contributed by atoms with Gasteiger partial charge < -0.3 is 4.74 Å². The quantitative estimate of drug-likeness (QED) is 0.678. The number of benzene rings is 1. The average Bonchev–Trinajstić information content (AvgIpc) is 3.26. The second-order valence-electron chi connectivity index (χ2n) is 4.51. The van der Waals surface area contributed by atoms with Crippen molar-refractivity contribution >= 4 is 33.0 Å². The fraction of sp³-hybridized carbons (Fsp3) is 0.0769. The van der Waals surface area contributed by atoms with E-state index in [4.69, 9.17) is 0 Å². The smallest absolute Gasteiger partial charge is 0.349 e. The molecule has 0 amide bonds. The first kappa shape index (κ1) is 16.1. The zero-order chi connectivity index (χ0) is 17.2. The largest absolute Gasteiger partial charge is 0.465 e. The Labute approximate surface area is 140 Å². The first-order chi connectivity index (χ1) is 11.5. The number of anilines is 1. The minimum atomic E-state index is -3.91. The number of carbonyl (C=O) groups excluding carboxylic acids is 1. The minimum Gasteiger partial charge on any atom is -0.465 e. The summed E-state index contributed by atoms with van der Waals surface area (Å²) >= 11 is 1.00. The van der Waals surface area contributed by atoms with Crippen LogP contribution >= 0.6 is 11.3 Å². The summed E-state index contributed by atoms with van der Waals surface area (Å²) in [5.74, 6) is -0.695. The van der Waals surface area contributed by atoms with Crippen LogP contribution in [0.1, 0.15) is 9.67 Å². The summed E-state index contributed by atoms with van der Waals surface area (Å²) in [6, 6.07) is 7.80. The van der Waals surface area contributed by atoms with E-state index in [1.807, 2.05) is 0 Å². The van der Waals surface area contributed by atoms with Crippen LogP contribution in [0.5, 0.6) is 0 Å². The van der Waals surface area contributed by atoms with Crippen LogP contribution in [-0.2, 0) is 14.8 Å². The van der Waals surface area contributed by atoms with Crippen molar-refractivity contribution in [1.82, 2.24) is 20.2 Å². The van der Waals surface area contributed by atoms with Crippen molar-refractivity contribution in [3.8, 4) is 5.69 Å². The molecule has 0 aliphatic carbocycles. The minimum absolute atomic E-state index is 0.0234. The van der Waals surface area contributed by atoms with E-state index in [9.17, 15) is 13.2 Å². The van der Waals surface area contributed by atoms with Crippen LogP contribution in [0.25, 0.3) is 5.69 Å². The van der Waals surface area contributed by atoms with E-state index in [1.54, 1.807) is 24.3 Å². The molecule has 0 atom stereocenters. The Morgan fingerprint density at radius 2 is 2.00 bits per heavy atom. The van der Waals surface area contributed by atoms with Crippen LogP contribution in [0.15, 0.2) is 46.9 Å². The molecule has 0 spiro atoms. The molecular weight excluding hydrogens is 354 g/mol. The number of aromatic nitrogens is 4. The predicted molar refractivity (Wildman–Crippen MR) is 85.6 cm³/mol. The van der Waals surface area contributed by atoms with E-state index in [0.29, 0.717) is 11.4 Å². The van der Waals surface area contributed by atoms with Gasteiger partial charge in [0.25, 0.3) is 10.0 Å². The zero-order valence-electron chi connectivity index (χ0n) is 12.3. The van der Waals surface area contributed by atoms with Crippen LogP contribution in [0, 0.1) is 0 Å². The summed E-state index contributed by atoms with van der Waals surface area (Å²) in [7, 11) is -2.71. The molecule has 0 saturated heterocycles. The molecule has 0 aliphatic heterocycles. The van der Waals surface area contributed by atoms with Gasteiger partial charge in [0.05, 0.1) is 12.8 Å². The molecule has 24 heavy (non-hydrogen) atoms. The third kappa shape index (κ3) is 3.12. The van der Waals surface area contributed by atoms with Gasteiger partial charge in [-0.05, 0) is 46.1 Å². The lowest BCUT2D eigenvalue weighted by Gasteiger charge is -2.09. The fourth-order valence-corrected chi connectivity index (χ4v) is 4.32. The number of carbonyl (C=O) groups is 1. The average molecular weight is 365 g/mol. The molecule has 0 fully saturated rings. The van der Waals surface area contributed by atoms with E-state index in [-0.39, 0.29) is 9.77 Å². The Bertz CT molecular complexity index is 949. The molecule has 9 nitrogen and oxygen atoms in total. The summed E-state index contributed by atoms with van der Waals surface area (Å²) in [5.41, 5.74) is 1.02. The topological polar surface area (TPSA) is 116 Å². The lowest BCUT2D eigenvalue weighted by atomic mass is 10.3. The number of hydrogen-bond acceptors (Lipinski definition) is 8. The molecule has 11 heteroatoms. The molecule has 1 aromatic carbocycles. The van der Waals surface area contributed by atoms with E-state index >= 15 is 0 Å². The summed E-state index contributed by atoms with van der Waals surface area (Å²) in [4.78, 5) is 11.5. The van der Waals surface area contributed by atoms with Gasteiger partial charge in [0.2, 0.25) is 0 Å². The summed E-state index contributed by atoms with van der Waals surface area (Å²) in [5, 5.41) is 12.3. The SMILES string of the molecule is COC(=O)c1sccc1S(=O)(=O)Nc1ccc(-n2cnnn2)cc1. The van der Waals surface area contributed by atoms with Gasteiger partial charge in [-0.25, -0.2) is 17.9 Å². The van der Waals surface area contributed by atoms with Crippen molar-refractivity contribution in [2.24, 2.45) is 0 Å². The Hall–Kier alpha value is -2.79. The first-order valence-electron chi connectivity index (χ1n) is 6.53. The number of methoxy groups -OCH3 is 1. The Morgan fingerprint density at radius 1 is 1.25 bits per heavy atom. The third-order valence-electron chi connectivity index (χ3n) is 3.02. The summed E-state index contributed by atoms with van der Waals surface area (Å²) in [6.07, 6.45) is 1.42. The first-order valence-corrected chi connectivity index (χ1v) is 8.89. The van der Waals surface area contributed by atoms with Crippen molar-refractivity contribution in [3.63, 3.8) is 0 Å². The molecule has 3 aromatic rings. The van der Waals surface area contributed by atoms with Gasteiger partial charge >= 0.3 is 5.97 Å². The molecule has 124 valence electrons. The lowest BCUT2D eigenvalue weighted by Crippen LogP contribution is -2.15. The van der Waals surface area contributed by atoms with Crippen LogP contribution < -0.4 is 4.72 Å². The number of sulfonamides is 1. The van der Waals surface area contributed by atoms with Gasteiger partial charge in [-0.2, -0.15) is 0 Å². The van der Waals surface area contributed by atoms with Crippen LogP contribution in [0.3, 0.4) is 0 Å². The number of nitrogens with one attached hydrogen (secondary N) is 1. The molecule has 2 aromatic heterocycles. The van der Waals surface area contributed by atoms with Gasteiger partial charge in [-0.3, -0.25) is 4.72 Å². The highest BCUT2D eigenvalue weighted by molar-refractivity contribution is 7.93. The lowest BCUT2D eigenvalue weighted by molar-refractivity contribution is 0.0602. The van der Waals surface area contributed by atoms with Crippen LogP contribution in [0.4, 0.5) is 5.69 Å². The maximum Gasteiger partial charge on any atom is 0.349 e. The number of tetrazole rings is 1. The zero-order valence-corrected chi connectivity index (χ0v) is 13.9. The van der Waals surface area contributed by atoms with E-state index in [2.05, 4.69) is 25.0 Å². The summed E-state index contributed by atoms with van der Waals surface area (Å²) in [6.45, 7) is 0. The number of nitrogens with zero attached hydrogens (tertiary/aromatic N) is 4. The Balaban J connectivity index is 1.85. The van der Waals surface area contributed by atoms with E-state index < -0.39 is 16.0 Å². The monoisotopic (exact) mass is 365 g/mol. The Kier molecular flexibility index (Phi) is 4.27. The summed E-state index contributed by atoms with van der Waals surface area (Å²) < 4.78 is 33.4. The van der Waals surface area contributed by atoms with Crippen LogP contribution in [0.2, 0.25) is 0 Å². The molecule has 0 radical (unpaired) electrons. The molecule has 1 N–H and O–H groups in total. The molecule has 0 saturated carbocycles. The van der Waals surface area contributed by atoms with Crippen molar-refractivity contribution in [2.45, 2.75) is 4.90 Å². The van der Waals surface area contributed by atoms with Crippen molar-refractivity contribution in [1.29, 1.82) is 0 Å². The highest BCUT2D eigenvalue weighted by atomic mass is 32.2. The van der Waals surface area contributed by atoms with E-state index in [1.165, 1.54) is 29.6 Å². The van der Waals surface area contributed by atoms with Gasteiger partial charge in [0.1, 0.15) is 16.1 Å². The van der Waals surface area contributed by atoms with Gasteiger partial charge in [0.15, 0.2) is 0 Å². The number of ether oxygens (including phenoxy) is 1. The Morgan fingerprint density at radius 3 is 2.62 bits per heavy atom. The predicted octanol–water partition coefficient (Wildman–Crippen LogP) is 1.31. The number of esters is 1. The maximum atomic E-state index is 12.5. The number of thiophene rings is 1. The molecule has 2 heterocycles. The second kappa shape index (κ2) is 6.37. The highest BCUT2D eigenvalue weighted by Crippen LogP contribution is 2.25. The number of rotatable bonds is 5. The molecule has 0 aliphatic rings. The number of hydrogen-bond donors (Lipinski definition) is 1. The standard InChI is InChI=1S/C13H11N5O4S2/c1-22-13(19)12-11(6-7-23-12)24(20,21)15-9-2-4-10(5-3-9)18-8-14-16-17-18/h2-8,15H,1H3. The fourth-order valence-electron chi connectivity index (χ4n) is 1.92. The van der Waals surface area contributed by atoms with Crippen molar-refractivity contribution in [3.05, 3.63) is 46.9 Å². The third-order valence-corrected chi connectivity index (χ3v) is 5.47. The highest BCUT2D eigenvalue weighted by Gasteiger charge is 2.24. The van der Waals surface area contributed by atoms with Crippen molar-refractivity contribution < 1.29 is 17.9 Å². The molecule has 3 rings (SSSR count). The van der Waals surface area contributed by atoms with Crippen LogP contribution in [-0.4, -0.2) is 41.7 Å². The normalized spacial score (nSPS) is 11.2. The van der Waals surface area contributed by atoms with Gasteiger partial charge in [-0.1, -0.05) is 0 Å². The molecule has 0 bridgehead atoms. The second-order valence-corrected chi connectivity index (χ2v) is 7.08. The van der Waals surface area contributed by atoms with E-state index in [0.717, 1.165) is 11.3 Å². The van der Waals surface area contributed by atoms with Gasteiger partial charge in [-0.15, -0.1) is 16.4 Å². The maximum absolute atomic E-state index is 12.5. The molecular formula is C13H11N5O4S2.